The molecule has 1 heterocycles. The number of aliphatic hydroxyl groups is 1. The number of carboxylic acids is 1. The standard InChI is InChI=1S/C24H28N4O5/c1-14(29)21(24(32)33)28-23(31)20(11-15-7-3-2-4-8-15)27-22(30)18(25)12-16-13-26-19-10-6-5-9-17(16)19/h2-10,13-14,18,20-21,26,29H,11-12,25H2,1H3,(H,27,30)(H,28,31)(H,32,33). The van der Waals surface area contributed by atoms with Gasteiger partial charge in [-0.25, -0.2) is 4.79 Å². The number of hydrogen-bond acceptors (Lipinski definition) is 5. The Labute approximate surface area is 191 Å². The quantitative estimate of drug-likeness (QED) is 0.266. The second-order valence-electron chi connectivity index (χ2n) is 7.99. The minimum absolute atomic E-state index is 0.129. The van der Waals surface area contributed by atoms with E-state index in [2.05, 4.69) is 15.6 Å². The lowest BCUT2D eigenvalue weighted by molar-refractivity contribution is -0.145. The van der Waals surface area contributed by atoms with Crippen LogP contribution in [-0.4, -0.2) is 57.2 Å². The number of nitrogens with one attached hydrogen (secondary N) is 3. The van der Waals surface area contributed by atoms with E-state index >= 15 is 0 Å². The summed E-state index contributed by atoms with van der Waals surface area (Å²) in [6.07, 6.45) is 0.862. The van der Waals surface area contributed by atoms with Crippen molar-refractivity contribution in [1.82, 2.24) is 15.6 Å². The van der Waals surface area contributed by atoms with Gasteiger partial charge in [-0.2, -0.15) is 0 Å². The number of carboxylic acid groups (broad SMARTS) is 1. The summed E-state index contributed by atoms with van der Waals surface area (Å²) in [4.78, 5) is 40.3. The lowest BCUT2D eigenvalue weighted by Crippen LogP contribution is -2.57. The van der Waals surface area contributed by atoms with Gasteiger partial charge in [-0.3, -0.25) is 9.59 Å². The molecule has 0 saturated heterocycles. The smallest absolute Gasteiger partial charge is 0.328 e. The molecule has 2 aromatic carbocycles. The number of amides is 2. The van der Waals surface area contributed by atoms with Crippen LogP contribution in [0.15, 0.2) is 60.8 Å². The number of benzene rings is 2. The van der Waals surface area contributed by atoms with Crippen molar-refractivity contribution in [2.45, 2.75) is 44.0 Å². The minimum Gasteiger partial charge on any atom is -0.480 e. The van der Waals surface area contributed by atoms with E-state index in [9.17, 15) is 24.6 Å². The molecule has 7 N–H and O–H groups in total. The maximum absolute atomic E-state index is 12.9. The molecule has 0 aliphatic rings. The number of aliphatic hydroxyl groups excluding tert-OH is 1. The molecule has 3 rings (SSSR count). The molecule has 4 atom stereocenters. The second kappa shape index (κ2) is 10.8. The normalized spacial score (nSPS) is 14.8. The summed E-state index contributed by atoms with van der Waals surface area (Å²) in [5, 5.41) is 24.9. The summed E-state index contributed by atoms with van der Waals surface area (Å²) in [5.74, 6) is -2.64. The molecule has 0 saturated carbocycles. The summed E-state index contributed by atoms with van der Waals surface area (Å²) in [7, 11) is 0. The van der Waals surface area contributed by atoms with Crippen LogP contribution in [0.5, 0.6) is 0 Å². The number of hydrogen-bond donors (Lipinski definition) is 6. The fourth-order valence-electron chi connectivity index (χ4n) is 3.61. The van der Waals surface area contributed by atoms with Crippen LogP contribution in [0.1, 0.15) is 18.1 Å². The number of rotatable bonds is 10. The number of fused-ring (bicyclic) bond motifs is 1. The lowest BCUT2D eigenvalue weighted by atomic mass is 10.0. The first kappa shape index (κ1) is 24.0. The monoisotopic (exact) mass is 452 g/mol. The van der Waals surface area contributed by atoms with E-state index in [0.29, 0.717) is 0 Å². The molecule has 4 unspecified atom stereocenters. The van der Waals surface area contributed by atoms with E-state index in [0.717, 1.165) is 22.0 Å². The summed E-state index contributed by atoms with van der Waals surface area (Å²) < 4.78 is 0. The van der Waals surface area contributed by atoms with Gasteiger partial charge >= 0.3 is 5.97 Å². The topological polar surface area (TPSA) is 158 Å². The molecule has 0 radical (unpaired) electrons. The summed E-state index contributed by atoms with van der Waals surface area (Å²) in [6.45, 7) is 1.26. The zero-order valence-corrected chi connectivity index (χ0v) is 18.2. The van der Waals surface area contributed by atoms with Gasteiger partial charge in [-0.05, 0) is 30.5 Å². The van der Waals surface area contributed by atoms with Gasteiger partial charge in [0, 0.05) is 23.5 Å². The average molecular weight is 453 g/mol. The van der Waals surface area contributed by atoms with Crippen LogP contribution in [0, 0.1) is 0 Å². The van der Waals surface area contributed by atoms with Crippen molar-refractivity contribution < 1.29 is 24.6 Å². The van der Waals surface area contributed by atoms with Crippen LogP contribution in [0.2, 0.25) is 0 Å². The van der Waals surface area contributed by atoms with E-state index < -0.39 is 42.0 Å². The third kappa shape index (κ3) is 6.18. The molecular formula is C24H28N4O5. The molecule has 2 amide bonds. The van der Waals surface area contributed by atoms with Gasteiger partial charge in [0.1, 0.15) is 6.04 Å². The third-order valence-corrected chi connectivity index (χ3v) is 5.41. The van der Waals surface area contributed by atoms with Gasteiger partial charge in [-0.15, -0.1) is 0 Å². The van der Waals surface area contributed by atoms with Crippen molar-refractivity contribution in [3.05, 3.63) is 71.9 Å². The predicted octanol–water partition coefficient (Wildman–Crippen LogP) is 0.715. The van der Waals surface area contributed by atoms with Crippen LogP contribution in [0.3, 0.4) is 0 Å². The van der Waals surface area contributed by atoms with Crippen LogP contribution in [0.25, 0.3) is 10.9 Å². The van der Waals surface area contributed by atoms with Crippen molar-refractivity contribution in [1.29, 1.82) is 0 Å². The molecule has 0 aliphatic carbocycles. The van der Waals surface area contributed by atoms with Crippen LogP contribution in [0.4, 0.5) is 0 Å². The highest BCUT2D eigenvalue weighted by Gasteiger charge is 2.30. The fourth-order valence-corrected chi connectivity index (χ4v) is 3.61. The zero-order chi connectivity index (χ0) is 24.0. The minimum atomic E-state index is -1.51. The molecule has 0 bridgehead atoms. The van der Waals surface area contributed by atoms with E-state index in [1.165, 1.54) is 6.92 Å². The first-order valence-corrected chi connectivity index (χ1v) is 10.6. The number of aromatic nitrogens is 1. The SMILES string of the molecule is CC(O)C(NC(=O)C(Cc1ccccc1)NC(=O)C(N)Cc1c[nH]c2ccccc12)C(=O)O. The van der Waals surface area contributed by atoms with Crippen molar-refractivity contribution >= 4 is 28.7 Å². The molecule has 0 fully saturated rings. The summed E-state index contributed by atoms with van der Waals surface area (Å²) in [6, 6.07) is 13.1. The van der Waals surface area contributed by atoms with Crippen molar-refractivity contribution in [2.75, 3.05) is 0 Å². The number of carbonyl (C=O) groups excluding carboxylic acids is 2. The number of nitrogens with two attached hydrogens (primary N) is 1. The Bertz CT molecular complexity index is 1110. The van der Waals surface area contributed by atoms with Crippen molar-refractivity contribution in [3.8, 4) is 0 Å². The maximum Gasteiger partial charge on any atom is 0.328 e. The van der Waals surface area contributed by atoms with Crippen molar-refractivity contribution in [3.63, 3.8) is 0 Å². The zero-order valence-electron chi connectivity index (χ0n) is 18.2. The van der Waals surface area contributed by atoms with Crippen LogP contribution < -0.4 is 16.4 Å². The Morgan fingerprint density at radius 1 is 0.970 bits per heavy atom. The summed E-state index contributed by atoms with van der Waals surface area (Å²) >= 11 is 0. The highest BCUT2D eigenvalue weighted by Crippen LogP contribution is 2.18. The molecule has 0 spiro atoms. The Hall–Kier alpha value is -3.69. The second-order valence-corrected chi connectivity index (χ2v) is 7.99. The Balaban J connectivity index is 1.74. The van der Waals surface area contributed by atoms with E-state index in [1.54, 1.807) is 30.5 Å². The Kier molecular flexibility index (Phi) is 7.81. The van der Waals surface area contributed by atoms with Gasteiger partial charge in [0.05, 0.1) is 12.1 Å². The predicted molar refractivity (Wildman–Crippen MR) is 123 cm³/mol. The van der Waals surface area contributed by atoms with Crippen LogP contribution >= 0.6 is 0 Å². The largest absolute Gasteiger partial charge is 0.480 e. The average Bonchev–Trinajstić information content (AvgIpc) is 3.19. The molecule has 9 nitrogen and oxygen atoms in total. The van der Waals surface area contributed by atoms with Crippen LogP contribution in [-0.2, 0) is 27.2 Å². The third-order valence-electron chi connectivity index (χ3n) is 5.41. The maximum atomic E-state index is 12.9. The van der Waals surface area contributed by atoms with E-state index in [-0.39, 0.29) is 12.8 Å². The molecule has 0 aliphatic heterocycles. The molecule has 1 aromatic heterocycles. The first-order chi connectivity index (χ1) is 15.8. The number of carbonyl (C=O) groups is 3. The van der Waals surface area contributed by atoms with Gasteiger partial charge in [-0.1, -0.05) is 48.5 Å². The Morgan fingerprint density at radius 2 is 1.64 bits per heavy atom. The summed E-state index contributed by atoms with van der Waals surface area (Å²) in [5.41, 5.74) is 8.72. The fraction of sp³-hybridized carbons (Fsp3) is 0.292. The number of H-pyrrole nitrogens is 1. The van der Waals surface area contributed by atoms with Gasteiger partial charge in [0.15, 0.2) is 6.04 Å². The highest BCUT2D eigenvalue weighted by atomic mass is 16.4. The van der Waals surface area contributed by atoms with E-state index in [1.807, 2.05) is 30.3 Å². The van der Waals surface area contributed by atoms with Gasteiger partial charge in [0.2, 0.25) is 11.8 Å². The van der Waals surface area contributed by atoms with Gasteiger partial charge in [0.25, 0.3) is 0 Å². The van der Waals surface area contributed by atoms with Gasteiger partial charge < -0.3 is 31.6 Å². The van der Waals surface area contributed by atoms with E-state index in [4.69, 9.17) is 5.73 Å². The number of aliphatic carboxylic acids is 1. The van der Waals surface area contributed by atoms with Crippen molar-refractivity contribution in [2.24, 2.45) is 5.73 Å². The first-order valence-electron chi connectivity index (χ1n) is 10.6. The molecule has 174 valence electrons. The molecule has 9 heteroatoms. The highest BCUT2D eigenvalue weighted by molar-refractivity contribution is 5.92. The molecular weight excluding hydrogens is 424 g/mol. The lowest BCUT2D eigenvalue weighted by Gasteiger charge is -2.24. The Morgan fingerprint density at radius 3 is 2.30 bits per heavy atom. The number of para-hydroxylation sites is 1. The molecule has 3 aromatic rings. The molecule has 33 heavy (non-hydrogen) atoms. The number of aromatic amines is 1.